The molecule has 0 aliphatic heterocycles. The summed E-state index contributed by atoms with van der Waals surface area (Å²) in [6.45, 7) is 10.3. The van der Waals surface area contributed by atoms with Crippen LogP contribution in [0.15, 0.2) is 60.3 Å². The minimum absolute atomic E-state index is 0.0655. The van der Waals surface area contributed by atoms with Crippen molar-refractivity contribution in [2.45, 2.75) is 38.6 Å². The molecule has 0 saturated carbocycles. The van der Waals surface area contributed by atoms with E-state index < -0.39 is 5.82 Å². The fourth-order valence-corrected chi connectivity index (χ4v) is 3.69. The Morgan fingerprint density at radius 3 is 2.74 bits per heavy atom. The third-order valence-corrected chi connectivity index (χ3v) is 5.66. The number of rotatable bonds is 9. The zero-order chi connectivity index (χ0) is 22.4. The lowest BCUT2D eigenvalue weighted by Gasteiger charge is -2.16. The number of para-hydroxylation sites is 1. The summed E-state index contributed by atoms with van der Waals surface area (Å²) in [5.74, 6) is 0.646. The molecule has 0 bridgehead atoms. The SMILES string of the molecule is C=CCn1c(SCC(=O)Nc2ccccc2F)nnc1C(C)Oc1ccc(C)c(C)c1. The van der Waals surface area contributed by atoms with Crippen molar-refractivity contribution in [1.82, 2.24) is 14.8 Å². The Hall–Kier alpha value is -3.13. The molecule has 8 heteroatoms. The summed E-state index contributed by atoms with van der Waals surface area (Å²) < 4.78 is 21.7. The highest BCUT2D eigenvalue weighted by atomic mass is 32.2. The molecule has 6 nitrogen and oxygen atoms in total. The highest BCUT2D eigenvalue weighted by Crippen LogP contribution is 2.26. The van der Waals surface area contributed by atoms with Gasteiger partial charge >= 0.3 is 0 Å². The second-order valence-electron chi connectivity index (χ2n) is 7.06. The Morgan fingerprint density at radius 2 is 2.03 bits per heavy atom. The first-order valence-electron chi connectivity index (χ1n) is 9.84. The van der Waals surface area contributed by atoms with Crippen molar-refractivity contribution in [3.63, 3.8) is 0 Å². The number of nitrogens with one attached hydrogen (secondary N) is 1. The van der Waals surface area contributed by atoms with Gasteiger partial charge in [0, 0.05) is 6.54 Å². The molecule has 1 amide bonds. The second-order valence-corrected chi connectivity index (χ2v) is 8.01. The van der Waals surface area contributed by atoms with Crippen molar-refractivity contribution in [2.75, 3.05) is 11.1 Å². The number of ether oxygens (including phenoxy) is 1. The molecule has 0 radical (unpaired) electrons. The van der Waals surface area contributed by atoms with Crippen LogP contribution in [0.2, 0.25) is 0 Å². The third kappa shape index (κ3) is 5.73. The summed E-state index contributed by atoms with van der Waals surface area (Å²) in [6.07, 6.45) is 1.38. The van der Waals surface area contributed by atoms with Gasteiger partial charge < -0.3 is 10.1 Å². The molecule has 1 heterocycles. The number of aromatic nitrogens is 3. The minimum Gasteiger partial charge on any atom is -0.483 e. The van der Waals surface area contributed by atoms with Crippen LogP contribution in [-0.2, 0) is 11.3 Å². The van der Waals surface area contributed by atoms with E-state index in [2.05, 4.69) is 29.0 Å². The van der Waals surface area contributed by atoms with E-state index in [9.17, 15) is 9.18 Å². The summed E-state index contributed by atoms with van der Waals surface area (Å²) in [5.41, 5.74) is 2.49. The number of amides is 1. The first kappa shape index (κ1) is 22.6. The Balaban J connectivity index is 1.69. The molecule has 1 unspecified atom stereocenters. The number of carbonyl (C=O) groups is 1. The summed E-state index contributed by atoms with van der Waals surface area (Å²) in [5, 5.41) is 11.6. The van der Waals surface area contributed by atoms with Gasteiger partial charge in [-0.3, -0.25) is 9.36 Å². The van der Waals surface area contributed by atoms with Crippen LogP contribution in [0.3, 0.4) is 0 Å². The fraction of sp³-hybridized carbons (Fsp3) is 0.261. The normalized spacial score (nSPS) is 11.7. The molecule has 0 aliphatic rings. The van der Waals surface area contributed by atoms with Crippen LogP contribution in [0.4, 0.5) is 10.1 Å². The van der Waals surface area contributed by atoms with E-state index in [4.69, 9.17) is 4.74 Å². The van der Waals surface area contributed by atoms with Crippen LogP contribution in [0.25, 0.3) is 0 Å². The summed E-state index contributed by atoms with van der Waals surface area (Å²) in [4.78, 5) is 12.2. The van der Waals surface area contributed by atoms with Crippen LogP contribution in [-0.4, -0.2) is 26.4 Å². The van der Waals surface area contributed by atoms with Crippen molar-refractivity contribution in [2.24, 2.45) is 0 Å². The van der Waals surface area contributed by atoms with Crippen molar-refractivity contribution < 1.29 is 13.9 Å². The van der Waals surface area contributed by atoms with Gasteiger partial charge in [-0.15, -0.1) is 16.8 Å². The smallest absolute Gasteiger partial charge is 0.234 e. The van der Waals surface area contributed by atoms with Gasteiger partial charge in [-0.05, 0) is 56.2 Å². The van der Waals surface area contributed by atoms with Gasteiger partial charge in [-0.1, -0.05) is 36.0 Å². The Bertz CT molecular complexity index is 1080. The predicted molar refractivity (Wildman–Crippen MR) is 121 cm³/mol. The largest absolute Gasteiger partial charge is 0.483 e. The van der Waals surface area contributed by atoms with Crippen LogP contribution in [0.1, 0.15) is 30.0 Å². The maximum atomic E-state index is 13.7. The van der Waals surface area contributed by atoms with Crippen LogP contribution in [0.5, 0.6) is 5.75 Å². The molecule has 0 fully saturated rings. The highest BCUT2D eigenvalue weighted by Gasteiger charge is 2.20. The number of carbonyl (C=O) groups excluding carboxylic acids is 1. The maximum absolute atomic E-state index is 13.7. The molecule has 1 aromatic heterocycles. The quantitative estimate of drug-likeness (QED) is 0.371. The number of benzene rings is 2. The molecule has 162 valence electrons. The van der Waals surface area contributed by atoms with Crippen molar-refractivity contribution in [3.8, 4) is 5.75 Å². The zero-order valence-corrected chi connectivity index (χ0v) is 18.6. The molecule has 1 atom stereocenters. The zero-order valence-electron chi connectivity index (χ0n) is 17.8. The maximum Gasteiger partial charge on any atom is 0.234 e. The molecule has 31 heavy (non-hydrogen) atoms. The molecule has 0 saturated heterocycles. The summed E-state index contributed by atoms with van der Waals surface area (Å²) >= 11 is 1.22. The van der Waals surface area contributed by atoms with E-state index in [1.54, 1.807) is 18.2 Å². The minimum atomic E-state index is -0.477. The third-order valence-electron chi connectivity index (χ3n) is 4.69. The van der Waals surface area contributed by atoms with E-state index in [0.717, 1.165) is 11.3 Å². The van der Waals surface area contributed by atoms with Gasteiger partial charge in [-0.25, -0.2) is 4.39 Å². The molecular formula is C23H25FN4O2S. The van der Waals surface area contributed by atoms with Crippen molar-refractivity contribution in [1.29, 1.82) is 0 Å². The number of hydrogen-bond acceptors (Lipinski definition) is 5. The number of aryl methyl sites for hydroxylation is 2. The summed E-state index contributed by atoms with van der Waals surface area (Å²) in [6, 6.07) is 12.0. The molecule has 2 aromatic carbocycles. The molecule has 3 aromatic rings. The molecular weight excluding hydrogens is 415 g/mol. The number of allylic oxidation sites excluding steroid dienone is 1. The number of thioether (sulfide) groups is 1. The first-order chi connectivity index (χ1) is 14.9. The van der Waals surface area contributed by atoms with Gasteiger partial charge in [-0.2, -0.15) is 0 Å². The van der Waals surface area contributed by atoms with E-state index in [1.165, 1.54) is 29.5 Å². The Morgan fingerprint density at radius 1 is 1.26 bits per heavy atom. The molecule has 0 aliphatic carbocycles. The number of anilines is 1. The van der Waals surface area contributed by atoms with Crippen molar-refractivity contribution >= 4 is 23.4 Å². The highest BCUT2D eigenvalue weighted by molar-refractivity contribution is 7.99. The van der Waals surface area contributed by atoms with Crippen LogP contribution >= 0.6 is 11.8 Å². The lowest BCUT2D eigenvalue weighted by atomic mass is 10.1. The van der Waals surface area contributed by atoms with E-state index in [-0.39, 0.29) is 23.5 Å². The topological polar surface area (TPSA) is 69.0 Å². The van der Waals surface area contributed by atoms with E-state index in [0.29, 0.717) is 17.5 Å². The summed E-state index contributed by atoms with van der Waals surface area (Å²) in [7, 11) is 0. The Kier molecular flexibility index (Phi) is 7.46. The van der Waals surface area contributed by atoms with Gasteiger partial charge in [0.1, 0.15) is 11.6 Å². The molecule has 3 rings (SSSR count). The lowest BCUT2D eigenvalue weighted by Crippen LogP contribution is -2.16. The second kappa shape index (κ2) is 10.3. The number of hydrogen-bond donors (Lipinski definition) is 1. The average molecular weight is 441 g/mol. The van der Waals surface area contributed by atoms with E-state index >= 15 is 0 Å². The van der Waals surface area contributed by atoms with E-state index in [1.807, 2.05) is 36.6 Å². The molecule has 1 N–H and O–H groups in total. The van der Waals surface area contributed by atoms with Gasteiger partial charge in [0.15, 0.2) is 17.1 Å². The molecule has 0 spiro atoms. The number of halogens is 1. The van der Waals surface area contributed by atoms with Gasteiger partial charge in [0.2, 0.25) is 5.91 Å². The average Bonchev–Trinajstić information content (AvgIpc) is 3.14. The number of nitrogens with zero attached hydrogens (tertiary/aromatic N) is 3. The monoisotopic (exact) mass is 440 g/mol. The van der Waals surface area contributed by atoms with Gasteiger partial charge in [0.25, 0.3) is 0 Å². The van der Waals surface area contributed by atoms with Crippen LogP contribution < -0.4 is 10.1 Å². The lowest BCUT2D eigenvalue weighted by molar-refractivity contribution is -0.113. The van der Waals surface area contributed by atoms with Crippen LogP contribution in [0, 0.1) is 19.7 Å². The Labute approximate surface area is 185 Å². The predicted octanol–water partition coefficient (Wildman–Crippen LogP) is 5.09. The fourth-order valence-electron chi connectivity index (χ4n) is 2.93. The first-order valence-corrected chi connectivity index (χ1v) is 10.8. The van der Waals surface area contributed by atoms with Crippen molar-refractivity contribution in [3.05, 3.63) is 77.9 Å². The van der Waals surface area contributed by atoms with Gasteiger partial charge in [0.05, 0.1) is 11.4 Å². The standard InChI is InChI=1S/C23H25FN4O2S/c1-5-12-28-22(17(4)30-18-11-10-15(2)16(3)13-18)26-27-23(28)31-14-21(29)25-20-9-7-6-8-19(20)24/h5-11,13,17H,1,12,14H2,2-4H3,(H,25,29).